The molecular weight excluding hydrogens is 314 g/mol. The fourth-order valence-electron chi connectivity index (χ4n) is 5.31. The van der Waals surface area contributed by atoms with E-state index in [0.717, 1.165) is 29.7 Å². The first-order valence-electron chi connectivity index (χ1n) is 9.18. The first-order valence-corrected chi connectivity index (χ1v) is 9.18. The standard InChI is InChI=1S/C20H27N3O2/c1-12-5-6-16-15(8-12)20(17(24)23(4)18(21)22-20)11-19(25-16)9-13(2)7-14(3)10-19/h5-6,8,13-14H,7,9-11H2,1-4H3,(H2,21,22). The van der Waals surface area contributed by atoms with Gasteiger partial charge in [-0.3, -0.25) is 9.69 Å². The lowest BCUT2D eigenvalue weighted by atomic mass is 9.66. The van der Waals surface area contributed by atoms with Crippen molar-refractivity contribution < 1.29 is 9.53 Å². The number of benzene rings is 1. The average molecular weight is 341 g/mol. The van der Waals surface area contributed by atoms with Gasteiger partial charge in [-0.1, -0.05) is 25.5 Å². The molecule has 3 unspecified atom stereocenters. The quantitative estimate of drug-likeness (QED) is 0.789. The van der Waals surface area contributed by atoms with E-state index >= 15 is 0 Å². The second-order valence-corrected chi connectivity index (χ2v) is 8.51. The van der Waals surface area contributed by atoms with E-state index in [9.17, 15) is 4.79 Å². The van der Waals surface area contributed by atoms with Crippen molar-refractivity contribution in [3.63, 3.8) is 0 Å². The molecule has 2 spiro atoms. The third-order valence-corrected chi connectivity index (χ3v) is 6.04. The Morgan fingerprint density at radius 3 is 2.56 bits per heavy atom. The molecule has 2 heterocycles. The number of aryl methyl sites for hydroxylation is 1. The molecule has 2 N–H and O–H groups in total. The Hall–Kier alpha value is -2.04. The Balaban J connectivity index is 1.89. The summed E-state index contributed by atoms with van der Waals surface area (Å²) in [6, 6.07) is 6.07. The fraction of sp³-hybridized carbons (Fsp3) is 0.600. The van der Waals surface area contributed by atoms with Gasteiger partial charge in [0.2, 0.25) is 0 Å². The van der Waals surface area contributed by atoms with Gasteiger partial charge >= 0.3 is 0 Å². The molecule has 3 atom stereocenters. The lowest BCUT2D eigenvalue weighted by molar-refractivity contribution is -0.136. The van der Waals surface area contributed by atoms with Crippen molar-refractivity contribution >= 4 is 11.9 Å². The van der Waals surface area contributed by atoms with Crippen LogP contribution >= 0.6 is 0 Å². The van der Waals surface area contributed by atoms with Crippen LogP contribution in [0.2, 0.25) is 0 Å². The molecule has 5 heteroatoms. The summed E-state index contributed by atoms with van der Waals surface area (Å²) in [6.07, 6.45) is 3.70. The van der Waals surface area contributed by atoms with Crippen LogP contribution in [-0.2, 0) is 10.3 Å². The minimum atomic E-state index is -0.935. The van der Waals surface area contributed by atoms with Crippen molar-refractivity contribution in [2.45, 2.75) is 57.6 Å². The number of carbonyl (C=O) groups excluding carboxylic acids is 1. The highest BCUT2D eigenvalue weighted by molar-refractivity contribution is 6.07. The number of hydrogen-bond donors (Lipinski definition) is 1. The number of amides is 1. The van der Waals surface area contributed by atoms with Crippen LogP contribution in [0.1, 0.15) is 50.7 Å². The Morgan fingerprint density at radius 1 is 1.28 bits per heavy atom. The third-order valence-electron chi connectivity index (χ3n) is 6.04. The van der Waals surface area contributed by atoms with Crippen molar-refractivity contribution in [1.82, 2.24) is 4.90 Å². The lowest BCUT2D eigenvalue weighted by Gasteiger charge is -2.49. The third kappa shape index (κ3) is 2.35. The average Bonchev–Trinajstić information content (AvgIpc) is 2.72. The molecular formula is C20H27N3O2. The molecule has 1 amide bonds. The van der Waals surface area contributed by atoms with Crippen LogP contribution in [-0.4, -0.2) is 29.4 Å². The molecule has 1 fully saturated rings. The normalized spacial score (nSPS) is 37.2. The summed E-state index contributed by atoms with van der Waals surface area (Å²) in [7, 11) is 1.71. The topological polar surface area (TPSA) is 67.9 Å². The number of rotatable bonds is 0. The Kier molecular flexibility index (Phi) is 3.44. The maximum atomic E-state index is 13.2. The van der Waals surface area contributed by atoms with Gasteiger partial charge in [0.25, 0.3) is 5.91 Å². The lowest BCUT2D eigenvalue weighted by Crippen LogP contribution is -2.54. The molecule has 134 valence electrons. The SMILES string of the molecule is Cc1ccc2c(c1)C1(CC3(CC(C)CC(C)C3)O2)N=C(N)N(C)C1=O. The number of fused-ring (bicyclic) bond motifs is 2. The van der Waals surface area contributed by atoms with Crippen LogP contribution in [0.25, 0.3) is 0 Å². The Bertz CT molecular complexity index is 762. The molecule has 0 saturated heterocycles. The van der Waals surface area contributed by atoms with Gasteiger partial charge in [0, 0.05) is 19.0 Å². The van der Waals surface area contributed by atoms with Gasteiger partial charge in [-0.05, 0) is 50.2 Å². The van der Waals surface area contributed by atoms with E-state index in [1.54, 1.807) is 7.05 Å². The summed E-state index contributed by atoms with van der Waals surface area (Å²) in [5, 5.41) is 0. The largest absolute Gasteiger partial charge is 0.487 e. The summed E-state index contributed by atoms with van der Waals surface area (Å²) < 4.78 is 6.58. The van der Waals surface area contributed by atoms with Gasteiger partial charge in [0.15, 0.2) is 11.5 Å². The van der Waals surface area contributed by atoms with Gasteiger partial charge in [0.1, 0.15) is 11.4 Å². The number of guanidine groups is 1. The minimum Gasteiger partial charge on any atom is -0.487 e. The number of aliphatic imine (C=N–C) groups is 1. The fourth-order valence-corrected chi connectivity index (χ4v) is 5.31. The second kappa shape index (κ2) is 5.23. The highest BCUT2D eigenvalue weighted by Gasteiger charge is 2.59. The highest BCUT2D eigenvalue weighted by Crippen LogP contribution is 2.54. The van der Waals surface area contributed by atoms with Crippen LogP contribution < -0.4 is 10.5 Å². The van der Waals surface area contributed by atoms with E-state index < -0.39 is 5.54 Å². The van der Waals surface area contributed by atoms with Crippen molar-refractivity contribution in [2.24, 2.45) is 22.6 Å². The van der Waals surface area contributed by atoms with Crippen molar-refractivity contribution in [3.8, 4) is 5.75 Å². The van der Waals surface area contributed by atoms with E-state index in [4.69, 9.17) is 15.5 Å². The zero-order valence-corrected chi connectivity index (χ0v) is 15.5. The minimum absolute atomic E-state index is 0.0367. The van der Waals surface area contributed by atoms with Crippen LogP contribution in [0, 0.1) is 18.8 Å². The smallest absolute Gasteiger partial charge is 0.261 e. The molecule has 1 aromatic rings. The van der Waals surface area contributed by atoms with Crippen LogP contribution in [0.5, 0.6) is 5.75 Å². The van der Waals surface area contributed by atoms with Gasteiger partial charge < -0.3 is 10.5 Å². The monoisotopic (exact) mass is 341 g/mol. The number of nitrogens with two attached hydrogens (primary N) is 1. The van der Waals surface area contributed by atoms with Crippen LogP contribution in [0.3, 0.4) is 0 Å². The number of ether oxygens (including phenoxy) is 1. The van der Waals surface area contributed by atoms with Gasteiger partial charge in [-0.25, -0.2) is 4.99 Å². The molecule has 1 saturated carbocycles. The highest BCUT2D eigenvalue weighted by atomic mass is 16.5. The van der Waals surface area contributed by atoms with E-state index in [1.165, 1.54) is 11.3 Å². The molecule has 0 aromatic heterocycles. The zero-order valence-electron chi connectivity index (χ0n) is 15.5. The predicted molar refractivity (Wildman–Crippen MR) is 97.4 cm³/mol. The Labute approximate surface area is 149 Å². The Morgan fingerprint density at radius 2 is 1.96 bits per heavy atom. The van der Waals surface area contributed by atoms with Crippen LogP contribution in [0.15, 0.2) is 23.2 Å². The maximum absolute atomic E-state index is 13.2. The van der Waals surface area contributed by atoms with Gasteiger partial charge in [-0.15, -0.1) is 0 Å². The molecule has 25 heavy (non-hydrogen) atoms. The van der Waals surface area contributed by atoms with Crippen molar-refractivity contribution in [1.29, 1.82) is 0 Å². The number of likely N-dealkylation sites (N-methyl/N-ethyl adjacent to an activating group) is 1. The molecule has 0 radical (unpaired) electrons. The van der Waals surface area contributed by atoms with E-state index in [1.807, 2.05) is 25.1 Å². The number of nitrogens with zero attached hydrogens (tertiary/aromatic N) is 2. The molecule has 1 aromatic carbocycles. The summed E-state index contributed by atoms with van der Waals surface area (Å²) in [5.41, 5.74) is 6.74. The van der Waals surface area contributed by atoms with Crippen molar-refractivity contribution in [3.05, 3.63) is 29.3 Å². The van der Waals surface area contributed by atoms with E-state index in [0.29, 0.717) is 24.2 Å². The summed E-state index contributed by atoms with van der Waals surface area (Å²) in [5.74, 6) is 2.20. The molecule has 0 bridgehead atoms. The van der Waals surface area contributed by atoms with E-state index in [2.05, 4.69) is 13.8 Å². The van der Waals surface area contributed by atoms with Gasteiger partial charge in [-0.2, -0.15) is 0 Å². The molecule has 5 nitrogen and oxygen atoms in total. The summed E-state index contributed by atoms with van der Waals surface area (Å²) >= 11 is 0. The first-order chi connectivity index (χ1) is 11.7. The predicted octanol–water partition coefficient (Wildman–Crippen LogP) is 2.95. The molecule has 1 aliphatic carbocycles. The van der Waals surface area contributed by atoms with Crippen molar-refractivity contribution in [2.75, 3.05) is 7.05 Å². The first kappa shape index (κ1) is 16.4. The maximum Gasteiger partial charge on any atom is 0.261 e. The van der Waals surface area contributed by atoms with Gasteiger partial charge in [0.05, 0.1) is 0 Å². The molecule has 3 aliphatic rings. The van der Waals surface area contributed by atoms with E-state index in [-0.39, 0.29) is 11.5 Å². The molecule has 2 aliphatic heterocycles. The summed E-state index contributed by atoms with van der Waals surface area (Å²) in [4.78, 5) is 19.4. The number of hydrogen-bond acceptors (Lipinski definition) is 4. The second-order valence-electron chi connectivity index (χ2n) is 8.51. The summed E-state index contributed by atoms with van der Waals surface area (Å²) in [6.45, 7) is 6.58. The molecule has 4 rings (SSSR count). The van der Waals surface area contributed by atoms with Crippen LogP contribution in [0.4, 0.5) is 0 Å². The zero-order chi connectivity index (χ0) is 18.0. The number of carbonyl (C=O) groups is 1.